The molecule has 1 aliphatic rings. The van der Waals surface area contributed by atoms with Crippen molar-refractivity contribution in [3.05, 3.63) is 35.9 Å². The molecule has 0 aliphatic carbocycles. The molecule has 21 heavy (non-hydrogen) atoms. The lowest BCUT2D eigenvalue weighted by atomic mass is 10.1. The summed E-state index contributed by atoms with van der Waals surface area (Å²) in [5.74, 6) is 0.133. The Morgan fingerprint density at radius 1 is 1.29 bits per heavy atom. The molecule has 4 heteroatoms. The van der Waals surface area contributed by atoms with E-state index in [1.165, 1.54) is 5.56 Å². The monoisotopic (exact) mass is 289 g/mol. The van der Waals surface area contributed by atoms with Gasteiger partial charge in [-0.05, 0) is 25.8 Å². The van der Waals surface area contributed by atoms with Crippen LogP contribution in [0.25, 0.3) is 0 Å². The molecule has 1 fully saturated rings. The molecule has 0 spiro atoms. The molecule has 116 valence electrons. The first-order valence-corrected chi connectivity index (χ1v) is 7.85. The van der Waals surface area contributed by atoms with Crippen LogP contribution in [0.2, 0.25) is 0 Å². The van der Waals surface area contributed by atoms with Crippen molar-refractivity contribution in [2.45, 2.75) is 32.4 Å². The van der Waals surface area contributed by atoms with E-state index in [-0.39, 0.29) is 11.9 Å². The number of amides is 1. The van der Waals surface area contributed by atoms with Crippen LogP contribution in [0.5, 0.6) is 0 Å². The summed E-state index contributed by atoms with van der Waals surface area (Å²) < 4.78 is 0. The highest BCUT2D eigenvalue weighted by atomic mass is 16.2. The van der Waals surface area contributed by atoms with Crippen LogP contribution in [0.1, 0.15) is 19.4 Å². The Kier molecular flexibility index (Phi) is 5.76. The molecule has 1 heterocycles. The second-order valence-corrected chi connectivity index (χ2v) is 5.99. The van der Waals surface area contributed by atoms with E-state index in [1.807, 2.05) is 6.07 Å². The first-order chi connectivity index (χ1) is 10.1. The molecule has 0 unspecified atom stereocenters. The molecule has 2 rings (SSSR count). The molecule has 1 N–H and O–H groups in total. The summed E-state index contributed by atoms with van der Waals surface area (Å²) in [5, 5.41) is 2.82. The zero-order valence-corrected chi connectivity index (χ0v) is 13.4. The molecule has 0 radical (unpaired) electrons. The Morgan fingerprint density at radius 2 is 2.00 bits per heavy atom. The highest BCUT2D eigenvalue weighted by Crippen LogP contribution is 2.14. The van der Waals surface area contributed by atoms with E-state index in [9.17, 15) is 4.79 Å². The van der Waals surface area contributed by atoms with Gasteiger partial charge < -0.3 is 5.32 Å². The average molecular weight is 289 g/mol. The summed E-state index contributed by atoms with van der Waals surface area (Å²) in [6.45, 7) is 8.16. The zero-order chi connectivity index (χ0) is 15.2. The molecule has 1 aromatic rings. The molecule has 1 amide bonds. The largest absolute Gasteiger partial charge is 0.358 e. The molecule has 1 aromatic carbocycles. The summed E-state index contributed by atoms with van der Waals surface area (Å²) >= 11 is 0. The second kappa shape index (κ2) is 7.57. The molecular formula is C17H27N3O. The van der Waals surface area contributed by atoms with Crippen LogP contribution in [-0.2, 0) is 11.2 Å². The van der Waals surface area contributed by atoms with Gasteiger partial charge in [-0.1, -0.05) is 30.3 Å². The molecule has 1 saturated heterocycles. The minimum Gasteiger partial charge on any atom is -0.358 e. The minimum atomic E-state index is -0.0325. The Balaban J connectivity index is 1.98. The standard InChI is InChI=1S/C17H27N3O/c1-14(2)20-12-11-19(16(13-20)17(21)18-3)10-9-15-7-5-4-6-8-15/h4-8,14,16H,9-13H2,1-3H3,(H,18,21)/t16-/m1/s1. The molecule has 0 aromatic heterocycles. The summed E-state index contributed by atoms with van der Waals surface area (Å²) in [7, 11) is 1.73. The van der Waals surface area contributed by atoms with Crippen molar-refractivity contribution >= 4 is 5.91 Å². The topological polar surface area (TPSA) is 35.6 Å². The summed E-state index contributed by atoms with van der Waals surface area (Å²) in [6, 6.07) is 10.9. The summed E-state index contributed by atoms with van der Waals surface area (Å²) in [6.07, 6.45) is 0.996. The number of piperazine rings is 1. The smallest absolute Gasteiger partial charge is 0.238 e. The quantitative estimate of drug-likeness (QED) is 0.889. The first-order valence-electron chi connectivity index (χ1n) is 7.85. The number of likely N-dealkylation sites (N-methyl/N-ethyl adjacent to an activating group) is 1. The molecule has 1 atom stereocenters. The van der Waals surface area contributed by atoms with Gasteiger partial charge in [0.15, 0.2) is 0 Å². The van der Waals surface area contributed by atoms with Crippen LogP contribution in [0, 0.1) is 0 Å². The van der Waals surface area contributed by atoms with Gasteiger partial charge in [-0.2, -0.15) is 0 Å². The predicted octanol–water partition coefficient (Wildman–Crippen LogP) is 1.37. The van der Waals surface area contributed by atoms with Gasteiger partial charge >= 0.3 is 0 Å². The third-order valence-corrected chi connectivity index (χ3v) is 4.33. The molecular weight excluding hydrogens is 262 g/mol. The number of rotatable bonds is 5. The van der Waals surface area contributed by atoms with Crippen molar-refractivity contribution in [1.82, 2.24) is 15.1 Å². The summed E-state index contributed by atoms with van der Waals surface area (Å²) in [5.41, 5.74) is 1.33. The Labute approximate surface area is 128 Å². The van der Waals surface area contributed by atoms with Crippen LogP contribution in [0.3, 0.4) is 0 Å². The minimum absolute atomic E-state index is 0.0325. The Morgan fingerprint density at radius 3 is 2.62 bits per heavy atom. The van der Waals surface area contributed by atoms with E-state index in [2.05, 4.69) is 53.2 Å². The van der Waals surface area contributed by atoms with E-state index in [4.69, 9.17) is 0 Å². The molecule has 0 saturated carbocycles. The van der Waals surface area contributed by atoms with Crippen molar-refractivity contribution in [1.29, 1.82) is 0 Å². The Bertz CT molecular complexity index is 447. The highest BCUT2D eigenvalue weighted by Gasteiger charge is 2.32. The number of nitrogens with one attached hydrogen (secondary N) is 1. The third-order valence-electron chi connectivity index (χ3n) is 4.33. The molecule has 0 bridgehead atoms. The highest BCUT2D eigenvalue weighted by molar-refractivity contribution is 5.81. The number of nitrogens with zero attached hydrogens (tertiary/aromatic N) is 2. The Hall–Kier alpha value is -1.39. The van der Waals surface area contributed by atoms with E-state index >= 15 is 0 Å². The van der Waals surface area contributed by atoms with Gasteiger partial charge in [0.05, 0.1) is 0 Å². The zero-order valence-electron chi connectivity index (χ0n) is 13.4. The van der Waals surface area contributed by atoms with Gasteiger partial charge in [-0.15, -0.1) is 0 Å². The molecule has 4 nitrogen and oxygen atoms in total. The SMILES string of the molecule is CNC(=O)[C@H]1CN(C(C)C)CCN1CCc1ccccc1. The lowest BCUT2D eigenvalue weighted by molar-refractivity contribution is -0.128. The van der Waals surface area contributed by atoms with Gasteiger partial charge in [-0.3, -0.25) is 14.6 Å². The van der Waals surface area contributed by atoms with Crippen LogP contribution in [0.4, 0.5) is 0 Å². The second-order valence-electron chi connectivity index (χ2n) is 5.99. The van der Waals surface area contributed by atoms with Gasteiger partial charge in [-0.25, -0.2) is 0 Å². The number of carbonyl (C=O) groups excluding carboxylic acids is 1. The lowest BCUT2D eigenvalue weighted by Crippen LogP contribution is -2.60. The van der Waals surface area contributed by atoms with Crippen molar-refractivity contribution in [2.24, 2.45) is 0 Å². The van der Waals surface area contributed by atoms with Gasteiger partial charge in [0.1, 0.15) is 6.04 Å². The normalized spacial score (nSPS) is 20.7. The van der Waals surface area contributed by atoms with Gasteiger partial charge in [0, 0.05) is 39.3 Å². The van der Waals surface area contributed by atoms with E-state index in [0.29, 0.717) is 6.04 Å². The van der Waals surface area contributed by atoms with Crippen molar-refractivity contribution in [3.63, 3.8) is 0 Å². The fraction of sp³-hybridized carbons (Fsp3) is 0.588. The fourth-order valence-corrected chi connectivity index (χ4v) is 2.91. The van der Waals surface area contributed by atoms with Gasteiger partial charge in [0.2, 0.25) is 5.91 Å². The maximum atomic E-state index is 12.2. The summed E-state index contributed by atoms with van der Waals surface area (Å²) in [4.78, 5) is 16.9. The van der Waals surface area contributed by atoms with Crippen LogP contribution < -0.4 is 5.32 Å². The maximum Gasteiger partial charge on any atom is 0.238 e. The predicted molar refractivity (Wildman–Crippen MR) is 86.3 cm³/mol. The van der Waals surface area contributed by atoms with Gasteiger partial charge in [0.25, 0.3) is 0 Å². The average Bonchev–Trinajstić information content (AvgIpc) is 2.52. The first kappa shape index (κ1) is 16.0. The van der Waals surface area contributed by atoms with Crippen LogP contribution >= 0.6 is 0 Å². The fourth-order valence-electron chi connectivity index (χ4n) is 2.91. The molecule has 1 aliphatic heterocycles. The number of hydrogen-bond acceptors (Lipinski definition) is 3. The van der Waals surface area contributed by atoms with E-state index in [0.717, 1.165) is 32.6 Å². The number of carbonyl (C=O) groups is 1. The van der Waals surface area contributed by atoms with E-state index in [1.54, 1.807) is 7.05 Å². The van der Waals surface area contributed by atoms with Crippen molar-refractivity contribution in [3.8, 4) is 0 Å². The number of benzene rings is 1. The van der Waals surface area contributed by atoms with Crippen molar-refractivity contribution in [2.75, 3.05) is 33.2 Å². The van der Waals surface area contributed by atoms with E-state index < -0.39 is 0 Å². The maximum absolute atomic E-state index is 12.2. The third kappa shape index (κ3) is 4.29. The number of hydrogen-bond donors (Lipinski definition) is 1. The van der Waals surface area contributed by atoms with Crippen LogP contribution in [0.15, 0.2) is 30.3 Å². The van der Waals surface area contributed by atoms with Crippen LogP contribution in [-0.4, -0.2) is 61.0 Å². The van der Waals surface area contributed by atoms with Crippen molar-refractivity contribution < 1.29 is 4.79 Å². The lowest BCUT2D eigenvalue weighted by Gasteiger charge is -2.42.